The zero-order valence-corrected chi connectivity index (χ0v) is 8.55. The Balaban J connectivity index is 2.11. The summed E-state index contributed by atoms with van der Waals surface area (Å²) in [4.78, 5) is 10.2. The van der Waals surface area contributed by atoms with Crippen LogP contribution in [0.1, 0.15) is 30.9 Å². The number of hydrogen-bond acceptors (Lipinski definition) is 4. The van der Waals surface area contributed by atoms with E-state index in [-0.39, 0.29) is 9.92 Å². The highest BCUT2D eigenvalue weighted by Crippen LogP contribution is 2.30. The molecule has 4 nitrogen and oxygen atoms in total. The Hall–Kier alpha value is -0.940. The van der Waals surface area contributed by atoms with Gasteiger partial charge in [0.05, 0.1) is 4.92 Å². The van der Waals surface area contributed by atoms with Gasteiger partial charge in [-0.3, -0.25) is 10.1 Å². The quantitative estimate of drug-likeness (QED) is 0.605. The largest absolute Gasteiger partial charge is 0.324 e. The summed E-state index contributed by atoms with van der Waals surface area (Å²) in [5.74, 6) is 0. The van der Waals surface area contributed by atoms with Gasteiger partial charge in [-0.2, -0.15) is 0 Å². The van der Waals surface area contributed by atoms with Gasteiger partial charge in [0.1, 0.15) is 0 Å². The third-order valence-electron chi connectivity index (χ3n) is 2.50. The molecule has 1 N–H and O–H groups in total. The third kappa shape index (κ3) is 1.93. The molecule has 0 aliphatic carbocycles. The molecule has 1 fully saturated rings. The SMILES string of the molecule is O=[N+]([O-])c1cc([C@@H]2CCCCN2)cs1. The highest BCUT2D eigenvalue weighted by atomic mass is 32.1. The number of nitrogens with zero attached hydrogens (tertiary/aromatic N) is 1. The molecule has 0 amide bonds. The number of rotatable bonds is 2. The topological polar surface area (TPSA) is 55.2 Å². The van der Waals surface area contributed by atoms with Crippen LogP contribution in [-0.4, -0.2) is 11.5 Å². The first-order chi connectivity index (χ1) is 6.77. The smallest absolute Gasteiger partial charge is 0.310 e. The molecule has 14 heavy (non-hydrogen) atoms. The zero-order valence-electron chi connectivity index (χ0n) is 7.73. The van der Waals surface area contributed by atoms with Crippen LogP contribution in [0.15, 0.2) is 11.4 Å². The maximum atomic E-state index is 10.5. The Kier molecular flexibility index (Phi) is 2.79. The average Bonchev–Trinajstić information content (AvgIpc) is 2.68. The van der Waals surface area contributed by atoms with Crippen LogP contribution in [0.25, 0.3) is 0 Å². The summed E-state index contributed by atoms with van der Waals surface area (Å²) < 4.78 is 0. The Morgan fingerprint density at radius 2 is 2.43 bits per heavy atom. The molecule has 0 bridgehead atoms. The van der Waals surface area contributed by atoms with Crippen molar-refractivity contribution >= 4 is 16.3 Å². The lowest BCUT2D eigenvalue weighted by atomic mass is 10.00. The molecule has 1 saturated heterocycles. The van der Waals surface area contributed by atoms with Crippen LogP contribution in [0, 0.1) is 10.1 Å². The molecule has 2 heterocycles. The van der Waals surface area contributed by atoms with E-state index >= 15 is 0 Å². The van der Waals surface area contributed by atoms with Gasteiger partial charge in [-0.05, 0) is 24.9 Å². The Morgan fingerprint density at radius 1 is 1.57 bits per heavy atom. The molecular formula is C9H12N2O2S. The molecular weight excluding hydrogens is 200 g/mol. The van der Waals surface area contributed by atoms with Crippen LogP contribution in [-0.2, 0) is 0 Å². The van der Waals surface area contributed by atoms with Crippen molar-refractivity contribution < 1.29 is 4.92 Å². The zero-order chi connectivity index (χ0) is 9.97. The van der Waals surface area contributed by atoms with Crippen LogP contribution >= 0.6 is 11.3 Å². The van der Waals surface area contributed by atoms with E-state index < -0.39 is 0 Å². The lowest BCUT2D eigenvalue weighted by molar-refractivity contribution is -0.380. The lowest BCUT2D eigenvalue weighted by Gasteiger charge is -2.22. The molecule has 2 rings (SSSR count). The van der Waals surface area contributed by atoms with Crippen LogP contribution in [0.5, 0.6) is 0 Å². The highest BCUT2D eigenvalue weighted by molar-refractivity contribution is 7.13. The molecule has 0 saturated carbocycles. The van der Waals surface area contributed by atoms with Gasteiger partial charge >= 0.3 is 5.00 Å². The highest BCUT2D eigenvalue weighted by Gasteiger charge is 2.18. The molecule has 0 aromatic carbocycles. The van der Waals surface area contributed by atoms with Crippen molar-refractivity contribution in [1.82, 2.24) is 5.32 Å². The van der Waals surface area contributed by atoms with Crippen LogP contribution in [0.4, 0.5) is 5.00 Å². The fraction of sp³-hybridized carbons (Fsp3) is 0.556. The van der Waals surface area contributed by atoms with Gasteiger partial charge in [0.2, 0.25) is 0 Å². The van der Waals surface area contributed by atoms with Crippen molar-refractivity contribution in [2.24, 2.45) is 0 Å². The third-order valence-corrected chi connectivity index (χ3v) is 3.40. The van der Waals surface area contributed by atoms with Gasteiger partial charge in [0.25, 0.3) is 0 Å². The number of piperidine rings is 1. The second kappa shape index (κ2) is 4.06. The lowest BCUT2D eigenvalue weighted by Crippen LogP contribution is -2.26. The minimum absolute atomic E-state index is 0.243. The number of hydrogen-bond donors (Lipinski definition) is 1. The minimum Gasteiger partial charge on any atom is -0.310 e. The van der Waals surface area contributed by atoms with Gasteiger partial charge in [-0.15, -0.1) is 0 Å². The molecule has 76 valence electrons. The number of thiophene rings is 1. The average molecular weight is 212 g/mol. The minimum atomic E-state index is -0.322. The fourth-order valence-corrected chi connectivity index (χ4v) is 2.53. The van der Waals surface area contributed by atoms with Gasteiger partial charge < -0.3 is 5.32 Å². The number of nitrogens with one attached hydrogen (secondary N) is 1. The summed E-state index contributed by atoms with van der Waals surface area (Å²) in [5, 5.41) is 16.0. The monoisotopic (exact) mass is 212 g/mol. The standard InChI is InChI=1S/C9H12N2O2S/c12-11(13)9-5-7(6-14-9)8-3-1-2-4-10-8/h5-6,8,10H,1-4H2/t8-/m0/s1. The Labute approximate surface area is 86.1 Å². The van der Waals surface area contributed by atoms with Crippen LogP contribution in [0.2, 0.25) is 0 Å². The normalized spacial score (nSPS) is 22.1. The molecule has 1 aromatic heterocycles. The molecule has 0 radical (unpaired) electrons. The molecule has 1 aromatic rings. The summed E-state index contributed by atoms with van der Waals surface area (Å²) in [7, 11) is 0. The second-order valence-electron chi connectivity index (χ2n) is 3.48. The van der Waals surface area contributed by atoms with E-state index in [0.717, 1.165) is 18.5 Å². The van der Waals surface area contributed by atoms with E-state index in [0.29, 0.717) is 6.04 Å². The molecule has 0 unspecified atom stereocenters. The fourth-order valence-electron chi connectivity index (χ4n) is 1.75. The molecule has 1 aliphatic rings. The van der Waals surface area contributed by atoms with Crippen molar-refractivity contribution in [2.75, 3.05) is 6.54 Å². The Bertz CT molecular complexity index is 331. The Morgan fingerprint density at radius 3 is 3.00 bits per heavy atom. The van der Waals surface area contributed by atoms with E-state index in [1.165, 1.54) is 24.2 Å². The van der Waals surface area contributed by atoms with Crippen molar-refractivity contribution in [1.29, 1.82) is 0 Å². The van der Waals surface area contributed by atoms with Crippen molar-refractivity contribution in [2.45, 2.75) is 25.3 Å². The first kappa shape index (κ1) is 9.61. The predicted octanol–water partition coefficient (Wildman–Crippen LogP) is 2.47. The van der Waals surface area contributed by atoms with Crippen molar-refractivity contribution in [3.63, 3.8) is 0 Å². The van der Waals surface area contributed by atoms with Crippen molar-refractivity contribution in [3.05, 3.63) is 27.1 Å². The van der Waals surface area contributed by atoms with Gasteiger partial charge in [0, 0.05) is 17.5 Å². The van der Waals surface area contributed by atoms with Gasteiger partial charge in [0.15, 0.2) is 0 Å². The van der Waals surface area contributed by atoms with Crippen LogP contribution < -0.4 is 5.32 Å². The number of nitro groups is 1. The summed E-state index contributed by atoms with van der Waals surface area (Å²) in [6, 6.07) is 2.02. The van der Waals surface area contributed by atoms with E-state index in [2.05, 4.69) is 5.32 Å². The van der Waals surface area contributed by atoms with Gasteiger partial charge in [-0.25, -0.2) is 0 Å². The van der Waals surface area contributed by atoms with Crippen LogP contribution in [0.3, 0.4) is 0 Å². The second-order valence-corrected chi connectivity index (χ2v) is 4.37. The maximum Gasteiger partial charge on any atom is 0.324 e. The first-order valence-electron chi connectivity index (χ1n) is 4.73. The molecule has 0 spiro atoms. The summed E-state index contributed by atoms with van der Waals surface area (Å²) >= 11 is 1.21. The molecule has 5 heteroatoms. The molecule has 1 aliphatic heterocycles. The predicted molar refractivity (Wildman–Crippen MR) is 55.6 cm³/mol. The van der Waals surface area contributed by atoms with E-state index in [1.54, 1.807) is 6.07 Å². The van der Waals surface area contributed by atoms with Crippen molar-refractivity contribution in [3.8, 4) is 0 Å². The summed E-state index contributed by atoms with van der Waals surface area (Å²) in [5.41, 5.74) is 1.07. The van der Waals surface area contributed by atoms with E-state index in [4.69, 9.17) is 0 Å². The summed E-state index contributed by atoms with van der Waals surface area (Å²) in [6.45, 7) is 1.02. The summed E-state index contributed by atoms with van der Waals surface area (Å²) in [6.07, 6.45) is 3.51. The molecule has 1 atom stereocenters. The van der Waals surface area contributed by atoms with E-state index in [1.807, 2.05) is 5.38 Å². The van der Waals surface area contributed by atoms with Gasteiger partial charge in [-0.1, -0.05) is 17.8 Å². The maximum absolute atomic E-state index is 10.5. The van der Waals surface area contributed by atoms with E-state index in [9.17, 15) is 10.1 Å². The first-order valence-corrected chi connectivity index (χ1v) is 5.61.